The largest absolute Gasteiger partial charge is 0.375 e. The summed E-state index contributed by atoms with van der Waals surface area (Å²) in [4.78, 5) is 0. The van der Waals surface area contributed by atoms with Gasteiger partial charge in [-0.15, -0.1) is 0 Å². The van der Waals surface area contributed by atoms with E-state index in [1.54, 1.807) is 14.2 Å². The van der Waals surface area contributed by atoms with Crippen LogP contribution in [0.15, 0.2) is 91.0 Å². The third kappa shape index (κ3) is 2.91. The summed E-state index contributed by atoms with van der Waals surface area (Å²) < 4.78 is 12.3. The van der Waals surface area contributed by atoms with Crippen LogP contribution in [0.1, 0.15) is 34.5 Å². The first-order chi connectivity index (χ1) is 13.3. The van der Waals surface area contributed by atoms with Gasteiger partial charge in [-0.2, -0.15) is 0 Å². The third-order valence-corrected chi connectivity index (χ3v) is 5.51. The van der Waals surface area contributed by atoms with Crippen LogP contribution in [0.25, 0.3) is 6.08 Å². The van der Waals surface area contributed by atoms with E-state index in [0.29, 0.717) is 0 Å². The summed E-state index contributed by atoms with van der Waals surface area (Å²) in [5.41, 5.74) is 4.27. The van der Waals surface area contributed by atoms with Gasteiger partial charge in [-0.05, 0) is 22.3 Å². The number of methoxy groups -OCH3 is 2. The molecule has 0 aromatic heterocycles. The average Bonchev–Trinajstić information content (AvgIpc) is 3.11. The van der Waals surface area contributed by atoms with Crippen molar-refractivity contribution in [2.75, 3.05) is 14.2 Å². The van der Waals surface area contributed by atoms with Gasteiger partial charge in [-0.1, -0.05) is 97.1 Å². The number of ether oxygens (including phenoxy) is 2. The van der Waals surface area contributed by atoms with Gasteiger partial charge in [0.05, 0.1) is 17.6 Å². The molecule has 2 nitrogen and oxygen atoms in total. The molecule has 3 aromatic carbocycles. The van der Waals surface area contributed by atoms with Gasteiger partial charge in [-0.25, -0.2) is 0 Å². The smallest absolute Gasteiger partial charge is 0.0981 e. The Kier molecular flexibility index (Phi) is 4.93. The van der Waals surface area contributed by atoms with Gasteiger partial charge in [0, 0.05) is 14.2 Å². The highest BCUT2D eigenvalue weighted by Gasteiger charge is 2.50. The van der Waals surface area contributed by atoms with Crippen LogP contribution in [0.3, 0.4) is 0 Å². The fraction of sp³-hybridized carbons (Fsp3) is 0.200. The summed E-state index contributed by atoms with van der Waals surface area (Å²) >= 11 is 0. The van der Waals surface area contributed by atoms with E-state index in [2.05, 4.69) is 84.9 Å². The molecule has 0 aliphatic heterocycles. The summed E-state index contributed by atoms with van der Waals surface area (Å²) in [6.45, 7) is 0. The number of hydrogen-bond donors (Lipinski definition) is 0. The second kappa shape index (κ2) is 7.51. The minimum absolute atomic E-state index is 0.177. The molecule has 4 rings (SSSR count). The first-order valence-corrected chi connectivity index (χ1v) is 9.25. The van der Waals surface area contributed by atoms with Crippen molar-refractivity contribution in [1.29, 1.82) is 0 Å². The number of fused-ring (bicyclic) bond motifs is 1. The number of rotatable bonds is 6. The van der Waals surface area contributed by atoms with Crippen molar-refractivity contribution >= 4 is 6.08 Å². The summed E-state index contributed by atoms with van der Waals surface area (Å²) in [7, 11) is 3.57. The standard InChI is InChI=1S/C25H24O2/c1-26-23(20-12-5-3-6-13-20)25(18-17-19-11-9-10-16-22(19)25)24(27-2)21-14-7-4-8-15-21/h3-18,23-24H,1-2H3. The molecule has 27 heavy (non-hydrogen) atoms. The Morgan fingerprint density at radius 3 is 1.63 bits per heavy atom. The van der Waals surface area contributed by atoms with Gasteiger partial charge in [0.15, 0.2) is 0 Å². The SMILES string of the molecule is COC(c1ccccc1)C1(C(OC)c2ccccc2)C=Cc2ccccc21. The molecule has 2 unspecified atom stereocenters. The van der Waals surface area contributed by atoms with E-state index >= 15 is 0 Å². The maximum absolute atomic E-state index is 6.15. The lowest BCUT2D eigenvalue weighted by molar-refractivity contribution is -0.0377. The molecule has 1 aliphatic rings. The van der Waals surface area contributed by atoms with Crippen molar-refractivity contribution in [1.82, 2.24) is 0 Å². The molecule has 0 radical (unpaired) electrons. The first-order valence-electron chi connectivity index (χ1n) is 9.25. The van der Waals surface area contributed by atoms with E-state index in [1.165, 1.54) is 11.1 Å². The molecule has 3 aromatic rings. The van der Waals surface area contributed by atoms with Crippen molar-refractivity contribution in [2.24, 2.45) is 0 Å². The van der Waals surface area contributed by atoms with E-state index in [1.807, 2.05) is 12.1 Å². The van der Waals surface area contributed by atoms with Gasteiger partial charge in [0.2, 0.25) is 0 Å². The van der Waals surface area contributed by atoms with E-state index in [-0.39, 0.29) is 12.2 Å². The Hall–Kier alpha value is -2.68. The minimum atomic E-state index is -0.456. The van der Waals surface area contributed by atoms with Crippen molar-refractivity contribution < 1.29 is 9.47 Å². The summed E-state index contributed by atoms with van der Waals surface area (Å²) in [6, 6.07) is 29.3. The molecular formula is C25H24O2. The Labute approximate surface area is 161 Å². The van der Waals surface area contributed by atoms with Crippen LogP contribution in [0.5, 0.6) is 0 Å². The van der Waals surface area contributed by atoms with Crippen LogP contribution < -0.4 is 0 Å². The van der Waals surface area contributed by atoms with Gasteiger partial charge < -0.3 is 9.47 Å². The maximum atomic E-state index is 6.15. The third-order valence-electron chi connectivity index (χ3n) is 5.51. The Bertz CT molecular complexity index is 868. The van der Waals surface area contributed by atoms with Gasteiger partial charge in [-0.3, -0.25) is 0 Å². The predicted molar refractivity (Wildman–Crippen MR) is 110 cm³/mol. The Morgan fingerprint density at radius 2 is 1.11 bits per heavy atom. The minimum Gasteiger partial charge on any atom is -0.375 e. The monoisotopic (exact) mass is 356 g/mol. The van der Waals surface area contributed by atoms with Crippen molar-refractivity contribution in [3.8, 4) is 0 Å². The number of benzene rings is 3. The quantitative estimate of drug-likeness (QED) is 0.562. The molecule has 0 amide bonds. The lowest BCUT2D eigenvalue weighted by Crippen LogP contribution is -2.39. The Balaban J connectivity index is 1.96. The van der Waals surface area contributed by atoms with E-state index in [9.17, 15) is 0 Å². The van der Waals surface area contributed by atoms with Crippen LogP contribution in [0.4, 0.5) is 0 Å². The fourth-order valence-corrected chi connectivity index (χ4v) is 4.42. The average molecular weight is 356 g/mol. The molecular weight excluding hydrogens is 332 g/mol. The summed E-state index contributed by atoms with van der Waals surface area (Å²) in [5, 5.41) is 0. The maximum Gasteiger partial charge on any atom is 0.0981 e. The number of hydrogen-bond acceptors (Lipinski definition) is 2. The molecule has 1 aliphatic carbocycles. The molecule has 2 heteroatoms. The molecule has 136 valence electrons. The van der Waals surface area contributed by atoms with E-state index < -0.39 is 5.41 Å². The van der Waals surface area contributed by atoms with E-state index in [4.69, 9.17) is 9.47 Å². The molecule has 0 fully saturated rings. The zero-order valence-corrected chi connectivity index (χ0v) is 15.7. The van der Waals surface area contributed by atoms with Crippen LogP contribution >= 0.6 is 0 Å². The normalized spacial score (nSPS) is 20.2. The molecule has 0 heterocycles. The summed E-state index contributed by atoms with van der Waals surface area (Å²) in [6.07, 6.45) is 4.10. The van der Waals surface area contributed by atoms with Gasteiger partial charge >= 0.3 is 0 Å². The van der Waals surface area contributed by atoms with Crippen molar-refractivity contribution in [2.45, 2.75) is 17.6 Å². The highest BCUT2D eigenvalue weighted by molar-refractivity contribution is 5.67. The van der Waals surface area contributed by atoms with Crippen LogP contribution in [0.2, 0.25) is 0 Å². The predicted octanol–water partition coefficient (Wildman–Crippen LogP) is 5.73. The molecule has 0 saturated carbocycles. The first kappa shape index (κ1) is 17.7. The van der Waals surface area contributed by atoms with Crippen LogP contribution in [-0.4, -0.2) is 14.2 Å². The molecule has 2 atom stereocenters. The highest BCUT2D eigenvalue weighted by atomic mass is 16.5. The van der Waals surface area contributed by atoms with Crippen molar-refractivity contribution in [3.63, 3.8) is 0 Å². The molecule has 0 N–H and O–H groups in total. The van der Waals surface area contributed by atoms with E-state index in [0.717, 1.165) is 11.1 Å². The van der Waals surface area contributed by atoms with Gasteiger partial charge in [0.1, 0.15) is 0 Å². The second-order valence-electron chi connectivity index (χ2n) is 6.91. The zero-order valence-electron chi connectivity index (χ0n) is 15.7. The molecule has 0 bridgehead atoms. The van der Waals surface area contributed by atoms with Crippen molar-refractivity contribution in [3.05, 3.63) is 113 Å². The second-order valence-corrected chi connectivity index (χ2v) is 6.91. The molecule has 0 spiro atoms. The zero-order chi connectivity index (χ0) is 18.7. The van der Waals surface area contributed by atoms with Gasteiger partial charge in [0.25, 0.3) is 0 Å². The lowest BCUT2D eigenvalue weighted by atomic mass is 9.68. The summed E-state index contributed by atoms with van der Waals surface area (Å²) in [5.74, 6) is 0. The van der Waals surface area contributed by atoms with Crippen LogP contribution in [-0.2, 0) is 14.9 Å². The lowest BCUT2D eigenvalue weighted by Gasteiger charge is -2.42. The highest BCUT2D eigenvalue weighted by Crippen LogP contribution is 2.54. The Morgan fingerprint density at radius 1 is 0.630 bits per heavy atom. The topological polar surface area (TPSA) is 18.5 Å². The van der Waals surface area contributed by atoms with Crippen LogP contribution in [0, 0.1) is 0 Å². The fourth-order valence-electron chi connectivity index (χ4n) is 4.42. The molecule has 0 saturated heterocycles.